The maximum absolute atomic E-state index is 5.26. The summed E-state index contributed by atoms with van der Waals surface area (Å²) >= 11 is 0. The molecule has 0 aliphatic heterocycles. The lowest BCUT2D eigenvalue weighted by Gasteiger charge is -2.14. The molecule has 4 nitrogen and oxygen atoms in total. The van der Waals surface area contributed by atoms with Crippen molar-refractivity contribution in [1.82, 2.24) is 0 Å². The van der Waals surface area contributed by atoms with Gasteiger partial charge in [0, 0.05) is 0 Å². The van der Waals surface area contributed by atoms with Gasteiger partial charge in [0.2, 0.25) is 0 Å². The lowest BCUT2D eigenvalue weighted by molar-refractivity contribution is 0.415. The van der Waals surface area contributed by atoms with Crippen LogP contribution in [0.25, 0.3) is 0 Å². The number of para-hydroxylation sites is 4. The van der Waals surface area contributed by atoms with Crippen molar-refractivity contribution in [3.8, 4) is 11.5 Å². The van der Waals surface area contributed by atoms with Crippen molar-refractivity contribution >= 4 is 11.4 Å². The average Bonchev–Trinajstić information content (AvgIpc) is 2.45. The zero-order valence-electron chi connectivity index (χ0n) is 10.4. The van der Waals surface area contributed by atoms with Crippen LogP contribution in [-0.2, 0) is 0 Å². The molecule has 94 valence electrons. The topological polar surface area (TPSA) is 42.5 Å². The van der Waals surface area contributed by atoms with Crippen LogP contribution in [0.2, 0.25) is 0 Å². The van der Waals surface area contributed by atoms with E-state index in [4.69, 9.17) is 9.47 Å². The first-order chi connectivity index (χ1) is 8.85. The molecular weight excluding hydrogens is 228 g/mol. The summed E-state index contributed by atoms with van der Waals surface area (Å²) in [5.74, 6) is 1.56. The van der Waals surface area contributed by atoms with E-state index in [1.165, 1.54) is 0 Å². The number of hydrazine groups is 1. The third kappa shape index (κ3) is 2.66. The molecule has 0 aliphatic carbocycles. The molecule has 0 spiro atoms. The maximum atomic E-state index is 5.26. The zero-order valence-corrected chi connectivity index (χ0v) is 10.4. The van der Waals surface area contributed by atoms with Crippen LogP contribution >= 0.6 is 0 Å². The van der Waals surface area contributed by atoms with Crippen molar-refractivity contribution < 1.29 is 9.47 Å². The molecule has 0 fully saturated rings. The minimum absolute atomic E-state index is 0.778. The van der Waals surface area contributed by atoms with Crippen molar-refractivity contribution in [1.29, 1.82) is 0 Å². The Morgan fingerprint density at radius 3 is 1.44 bits per heavy atom. The lowest BCUT2D eigenvalue weighted by Crippen LogP contribution is -2.10. The van der Waals surface area contributed by atoms with E-state index in [0.717, 1.165) is 22.9 Å². The third-order valence-corrected chi connectivity index (χ3v) is 2.55. The van der Waals surface area contributed by atoms with Crippen LogP contribution in [0.1, 0.15) is 0 Å². The number of rotatable bonds is 5. The zero-order chi connectivity index (χ0) is 12.8. The Hall–Kier alpha value is -2.36. The fourth-order valence-electron chi connectivity index (χ4n) is 1.63. The van der Waals surface area contributed by atoms with E-state index in [1.54, 1.807) is 14.2 Å². The summed E-state index contributed by atoms with van der Waals surface area (Å²) in [5, 5.41) is 0. The van der Waals surface area contributed by atoms with Gasteiger partial charge in [-0.2, -0.15) is 0 Å². The van der Waals surface area contributed by atoms with Gasteiger partial charge < -0.3 is 9.47 Å². The highest BCUT2D eigenvalue weighted by Gasteiger charge is 2.03. The van der Waals surface area contributed by atoms with Gasteiger partial charge in [0.15, 0.2) is 0 Å². The second-order valence-electron chi connectivity index (χ2n) is 3.65. The molecule has 2 aromatic carbocycles. The maximum Gasteiger partial charge on any atom is 0.143 e. The first-order valence-corrected chi connectivity index (χ1v) is 5.63. The Bertz CT molecular complexity index is 467. The Morgan fingerprint density at radius 1 is 0.667 bits per heavy atom. The van der Waals surface area contributed by atoms with E-state index < -0.39 is 0 Å². The normalized spacial score (nSPS) is 9.67. The number of hydrogen-bond donors (Lipinski definition) is 2. The van der Waals surface area contributed by atoms with Gasteiger partial charge in [0.25, 0.3) is 0 Å². The smallest absolute Gasteiger partial charge is 0.143 e. The summed E-state index contributed by atoms with van der Waals surface area (Å²) in [4.78, 5) is 0. The molecule has 18 heavy (non-hydrogen) atoms. The fraction of sp³-hybridized carbons (Fsp3) is 0.143. The number of nitrogens with one attached hydrogen (secondary N) is 2. The van der Waals surface area contributed by atoms with Gasteiger partial charge in [0.1, 0.15) is 11.5 Å². The molecular formula is C14H16N2O2. The average molecular weight is 244 g/mol. The second-order valence-corrected chi connectivity index (χ2v) is 3.65. The van der Waals surface area contributed by atoms with Crippen molar-refractivity contribution in [2.45, 2.75) is 0 Å². The summed E-state index contributed by atoms with van der Waals surface area (Å²) in [6, 6.07) is 15.4. The largest absolute Gasteiger partial charge is 0.495 e. The summed E-state index contributed by atoms with van der Waals surface area (Å²) in [6.45, 7) is 0. The van der Waals surface area contributed by atoms with Crippen molar-refractivity contribution in [2.24, 2.45) is 0 Å². The van der Waals surface area contributed by atoms with Gasteiger partial charge in [-0.05, 0) is 24.3 Å². The van der Waals surface area contributed by atoms with E-state index in [1.807, 2.05) is 48.5 Å². The molecule has 0 atom stereocenters. The van der Waals surface area contributed by atoms with E-state index in [0.29, 0.717) is 0 Å². The molecule has 0 amide bonds. The van der Waals surface area contributed by atoms with Gasteiger partial charge in [-0.3, -0.25) is 10.9 Å². The van der Waals surface area contributed by atoms with Crippen LogP contribution in [-0.4, -0.2) is 14.2 Å². The highest BCUT2D eigenvalue weighted by Crippen LogP contribution is 2.26. The molecule has 0 unspecified atom stereocenters. The second kappa shape index (κ2) is 5.82. The highest BCUT2D eigenvalue weighted by atomic mass is 16.5. The fourth-order valence-corrected chi connectivity index (χ4v) is 1.63. The summed E-state index contributed by atoms with van der Waals surface area (Å²) in [5.41, 5.74) is 7.93. The van der Waals surface area contributed by atoms with Crippen molar-refractivity contribution in [3.63, 3.8) is 0 Å². The van der Waals surface area contributed by atoms with E-state index >= 15 is 0 Å². The monoisotopic (exact) mass is 244 g/mol. The number of benzene rings is 2. The first-order valence-electron chi connectivity index (χ1n) is 5.63. The van der Waals surface area contributed by atoms with Crippen molar-refractivity contribution in [3.05, 3.63) is 48.5 Å². The van der Waals surface area contributed by atoms with Gasteiger partial charge >= 0.3 is 0 Å². The number of ether oxygens (including phenoxy) is 2. The molecule has 0 bridgehead atoms. The Balaban J connectivity index is 2.11. The summed E-state index contributed by atoms with van der Waals surface area (Å²) in [7, 11) is 3.28. The quantitative estimate of drug-likeness (QED) is 0.793. The molecule has 0 radical (unpaired) electrons. The summed E-state index contributed by atoms with van der Waals surface area (Å²) < 4.78 is 10.5. The van der Waals surface area contributed by atoms with E-state index in [9.17, 15) is 0 Å². The molecule has 0 saturated carbocycles. The third-order valence-electron chi connectivity index (χ3n) is 2.55. The first kappa shape index (κ1) is 12.1. The van der Waals surface area contributed by atoms with Crippen LogP contribution < -0.4 is 20.3 Å². The van der Waals surface area contributed by atoms with Crippen LogP contribution in [0, 0.1) is 0 Å². The molecule has 2 aromatic rings. The molecule has 0 aromatic heterocycles. The molecule has 0 heterocycles. The molecule has 0 saturated heterocycles. The van der Waals surface area contributed by atoms with Gasteiger partial charge in [0.05, 0.1) is 25.6 Å². The van der Waals surface area contributed by atoms with Crippen LogP contribution in [0.3, 0.4) is 0 Å². The number of methoxy groups -OCH3 is 2. The van der Waals surface area contributed by atoms with Gasteiger partial charge in [-0.1, -0.05) is 24.3 Å². The molecule has 2 rings (SSSR count). The minimum atomic E-state index is 0.778. The molecule has 0 aliphatic rings. The molecule has 2 N–H and O–H groups in total. The predicted octanol–water partition coefficient (Wildman–Crippen LogP) is 3.14. The van der Waals surface area contributed by atoms with Crippen LogP contribution in [0.4, 0.5) is 11.4 Å². The SMILES string of the molecule is COc1ccccc1NNc1ccccc1OC. The minimum Gasteiger partial charge on any atom is -0.495 e. The van der Waals surface area contributed by atoms with E-state index in [2.05, 4.69) is 10.9 Å². The molecule has 4 heteroatoms. The Morgan fingerprint density at radius 2 is 1.06 bits per heavy atom. The standard InChI is InChI=1S/C14H16N2O2/c1-17-13-9-5-3-7-11(13)15-16-12-8-4-6-10-14(12)18-2/h3-10,15-16H,1-2H3. The van der Waals surface area contributed by atoms with E-state index in [-0.39, 0.29) is 0 Å². The van der Waals surface area contributed by atoms with Crippen LogP contribution in [0.15, 0.2) is 48.5 Å². The van der Waals surface area contributed by atoms with Crippen molar-refractivity contribution in [2.75, 3.05) is 25.1 Å². The lowest BCUT2D eigenvalue weighted by atomic mass is 10.3. The Kier molecular flexibility index (Phi) is 3.91. The van der Waals surface area contributed by atoms with Gasteiger partial charge in [-0.15, -0.1) is 0 Å². The number of anilines is 2. The predicted molar refractivity (Wildman–Crippen MR) is 73.2 cm³/mol. The van der Waals surface area contributed by atoms with Crippen LogP contribution in [0.5, 0.6) is 11.5 Å². The summed E-state index contributed by atoms with van der Waals surface area (Å²) in [6.07, 6.45) is 0. The van der Waals surface area contributed by atoms with Gasteiger partial charge in [-0.25, -0.2) is 0 Å². The number of hydrogen-bond acceptors (Lipinski definition) is 4. The Labute approximate surface area is 107 Å². The highest BCUT2D eigenvalue weighted by molar-refractivity contribution is 5.63.